The van der Waals surface area contributed by atoms with E-state index in [1.807, 2.05) is 13.0 Å². The lowest BCUT2D eigenvalue weighted by Crippen LogP contribution is -2.11. The summed E-state index contributed by atoms with van der Waals surface area (Å²) >= 11 is 0. The molecule has 4 heteroatoms. The fourth-order valence-electron chi connectivity index (χ4n) is 2.18. The molecule has 0 bridgehead atoms. The summed E-state index contributed by atoms with van der Waals surface area (Å²) in [5.41, 5.74) is 3.05. The Morgan fingerprint density at radius 3 is 2.59 bits per heavy atom. The van der Waals surface area contributed by atoms with Crippen LogP contribution in [0.4, 0.5) is 0 Å². The van der Waals surface area contributed by atoms with E-state index in [0.29, 0.717) is 17.7 Å². The van der Waals surface area contributed by atoms with Crippen LogP contribution in [-0.4, -0.2) is 19.0 Å². The van der Waals surface area contributed by atoms with E-state index in [4.69, 9.17) is 9.47 Å². The van der Waals surface area contributed by atoms with Crippen molar-refractivity contribution in [3.05, 3.63) is 28.3 Å². The molecular formula is C13H14O4. The van der Waals surface area contributed by atoms with Crippen molar-refractivity contribution in [1.29, 1.82) is 0 Å². The van der Waals surface area contributed by atoms with Crippen molar-refractivity contribution in [2.45, 2.75) is 26.7 Å². The van der Waals surface area contributed by atoms with Gasteiger partial charge in [0.15, 0.2) is 0 Å². The molecule has 0 aromatic heterocycles. The summed E-state index contributed by atoms with van der Waals surface area (Å²) in [6.07, 6.45) is 0.780. The Morgan fingerprint density at radius 2 is 1.94 bits per heavy atom. The summed E-state index contributed by atoms with van der Waals surface area (Å²) in [6.45, 7) is 3.71. The van der Waals surface area contributed by atoms with Crippen molar-refractivity contribution in [3.63, 3.8) is 0 Å². The van der Waals surface area contributed by atoms with Gasteiger partial charge in [-0.15, -0.1) is 0 Å². The van der Waals surface area contributed by atoms with Crippen LogP contribution in [0.1, 0.15) is 33.5 Å². The second kappa shape index (κ2) is 4.20. The Kier molecular flexibility index (Phi) is 2.88. The average molecular weight is 234 g/mol. The summed E-state index contributed by atoms with van der Waals surface area (Å²) in [5.74, 6) is -0.390. The number of esters is 2. The smallest absolute Gasteiger partial charge is 0.346 e. The van der Waals surface area contributed by atoms with Crippen molar-refractivity contribution in [2.24, 2.45) is 0 Å². The van der Waals surface area contributed by atoms with Crippen LogP contribution in [0.15, 0.2) is 6.07 Å². The van der Waals surface area contributed by atoms with Gasteiger partial charge in [-0.3, -0.25) is 4.79 Å². The third-order valence-electron chi connectivity index (χ3n) is 3.08. The summed E-state index contributed by atoms with van der Waals surface area (Å²) < 4.78 is 9.95. The topological polar surface area (TPSA) is 52.6 Å². The Bertz CT molecular complexity index is 503. The second-order valence-corrected chi connectivity index (χ2v) is 4.14. The van der Waals surface area contributed by atoms with Gasteiger partial charge in [0.2, 0.25) is 0 Å². The van der Waals surface area contributed by atoms with Crippen LogP contribution in [0.2, 0.25) is 0 Å². The normalized spacial score (nSPS) is 15.0. The number of hydrogen-bond acceptors (Lipinski definition) is 4. The van der Waals surface area contributed by atoms with E-state index < -0.39 is 11.9 Å². The molecule has 1 aromatic rings. The molecule has 1 aliphatic rings. The number of rotatable bonds is 1. The molecule has 4 nitrogen and oxygen atoms in total. The molecule has 0 fully saturated rings. The number of cyclic esters (lactones) is 2. The van der Waals surface area contributed by atoms with Crippen LogP contribution in [0.3, 0.4) is 0 Å². The van der Waals surface area contributed by atoms with Crippen LogP contribution in [0.25, 0.3) is 0 Å². The molecule has 0 radical (unpaired) electrons. The van der Waals surface area contributed by atoms with Gasteiger partial charge < -0.3 is 9.47 Å². The Labute approximate surface area is 99.5 Å². The standard InChI is InChI=1S/C13H14O4/c1-7-6-10(16-3)8(2)12-9(7)4-5-11(14)17-13(12)15/h6H,4-5H2,1-3H3. The molecule has 0 spiro atoms. The minimum atomic E-state index is -0.568. The highest BCUT2D eigenvalue weighted by molar-refractivity contribution is 6.01. The van der Waals surface area contributed by atoms with Crippen molar-refractivity contribution >= 4 is 11.9 Å². The Balaban J connectivity index is 2.66. The zero-order valence-corrected chi connectivity index (χ0v) is 10.1. The molecule has 1 aliphatic heterocycles. The maximum Gasteiger partial charge on any atom is 0.346 e. The third kappa shape index (κ3) is 1.90. The van der Waals surface area contributed by atoms with Gasteiger partial charge in [0.25, 0.3) is 0 Å². The molecule has 0 atom stereocenters. The quantitative estimate of drug-likeness (QED) is 0.550. The highest BCUT2D eigenvalue weighted by Gasteiger charge is 2.26. The molecule has 1 aromatic carbocycles. The zero-order chi connectivity index (χ0) is 12.6. The van der Waals surface area contributed by atoms with Gasteiger partial charge in [-0.2, -0.15) is 0 Å². The van der Waals surface area contributed by atoms with Crippen molar-refractivity contribution in [2.75, 3.05) is 7.11 Å². The first-order valence-corrected chi connectivity index (χ1v) is 5.46. The number of ether oxygens (including phenoxy) is 2. The predicted octanol–water partition coefficient (Wildman–Crippen LogP) is 1.94. The molecule has 0 N–H and O–H groups in total. The summed E-state index contributed by atoms with van der Waals surface area (Å²) in [4.78, 5) is 23.1. The third-order valence-corrected chi connectivity index (χ3v) is 3.08. The number of hydrogen-bond donors (Lipinski definition) is 0. The lowest BCUT2D eigenvalue weighted by Gasteiger charge is -2.14. The minimum absolute atomic E-state index is 0.241. The molecule has 1 heterocycles. The van der Waals surface area contributed by atoms with E-state index in [9.17, 15) is 9.59 Å². The van der Waals surface area contributed by atoms with E-state index in [-0.39, 0.29) is 6.42 Å². The number of carbonyl (C=O) groups excluding carboxylic acids is 2. The number of fused-ring (bicyclic) bond motifs is 1. The highest BCUT2D eigenvalue weighted by Crippen LogP contribution is 2.31. The molecule has 0 amide bonds. The molecule has 2 rings (SSSR count). The van der Waals surface area contributed by atoms with Gasteiger partial charge in [0, 0.05) is 5.56 Å². The van der Waals surface area contributed by atoms with E-state index in [0.717, 1.165) is 16.7 Å². The van der Waals surface area contributed by atoms with Gasteiger partial charge in [-0.05, 0) is 37.5 Å². The Morgan fingerprint density at radius 1 is 1.24 bits per heavy atom. The van der Waals surface area contributed by atoms with Gasteiger partial charge in [0.1, 0.15) is 5.75 Å². The summed E-state index contributed by atoms with van der Waals surface area (Å²) in [6, 6.07) is 1.89. The molecule has 17 heavy (non-hydrogen) atoms. The lowest BCUT2D eigenvalue weighted by molar-refractivity contribution is -0.137. The van der Waals surface area contributed by atoms with E-state index in [1.165, 1.54) is 0 Å². The predicted molar refractivity (Wildman–Crippen MR) is 61.2 cm³/mol. The van der Waals surface area contributed by atoms with Gasteiger partial charge >= 0.3 is 11.9 Å². The van der Waals surface area contributed by atoms with Crippen LogP contribution < -0.4 is 4.74 Å². The van der Waals surface area contributed by atoms with E-state index in [2.05, 4.69) is 0 Å². The van der Waals surface area contributed by atoms with E-state index in [1.54, 1.807) is 14.0 Å². The van der Waals surface area contributed by atoms with Crippen LogP contribution in [0.5, 0.6) is 5.75 Å². The van der Waals surface area contributed by atoms with Crippen molar-refractivity contribution < 1.29 is 19.1 Å². The maximum atomic E-state index is 11.9. The fraction of sp³-hybridized carbons (Fsp3) is 0.385. The average Bonchev–Trinajstić information content (AvgIpc) is 2.43. The summed E-state index contributed by atoms with van der Waals surface area (Å²) in [7, 11) is 1.56. The fourth-order valence-corrected chi connectivity index (χ4v) is 2.18. The van der Waals surface area contributed by atoms with Crippen LogP contribution in [0, 0.1) is 13.8 Å². The maximum absolute atomic E-state index is 11.9. The largest absolute Gasteiger partial charge is 0.496 e. The molecule has 0 saturated heterocycles. The summed E-state index contributed by atoms with van der Waals surface area (Å²) in [5, 5.41) is 0. The monoisotopic (exact) mass is 234 g/mol. The van der Waals surface area contributed by atoms with Crippen molar-refractivity contribution in [1.82, 2.24) is 0 Å². The SMILES string of the molecule is COc1cc(C)c2c(c1C)C(=O)OC(=O)CC2. The first-order valence-electron chi connectivity index (χ1n) is 5.46. The molecule has 0 aliphatic carbocycles. The number of aryl methyl sites for hydroxylation is 1. The van der Waals surface area contributed by atoms with Gasteiger partial charge in [0.05, 0.1) is 19.1 Å². The second-order valence-electron chi connectivity index (χ2n) is 4.14. The van der Waals surface area contributed by atoms with Gasteiger partial charge in [-0.1, -0.05) is 0 Å². The Hall–Kier alpha value is -1.84. The molecule has 0 saturated carbocycles. The zero-order valence-electron chi connectivity index (χ0n) is 10.1. The lowest BCUT2D eigenvalue weighted by atomic mass is 9.94. The first-order chi connectivity index (χ1) is 8.04. The van der Waals surface area contributed by atoms with Crippen LogP contribution >= 0.6 is 0 Å². The first kappa shape index (κ1) is 11.6. The molecular weight excluding hydrogens is 220 g/mol. The number of carbonyl (C=O) groups is 2. The highest BCUT2D eigenvalue weighted by atomic mass is 16.6. The molecule has 0 unspecified atom stereocenters. The van der Waals surface area contributed by atoms with E-state index >= 15 is 0 Å². The van der Waals surface area contributed by atoms with Crippen LogP contribution in [-0.2, 0) is 16.0 Å². The number of methoxy groups -OCH3 is 1. The number of benzene rings is 1. The minimum Gasteiger partial charge on any atom is -0.496 e. The van der Waals surface area contributed by atoms with Crippen molar-refractivity contribution in [3.8, 4) is 5.75 Å². The van der Waals surface area contributed by atoms with Gasteiger partial charge in [-0.25, -0.2) is 4.79 Å². The molecule has 90 valence electrons.